The molecule has 1 aliphatic carbocycles. The van der Waals surface area contributed by atoms with Gasteiger partial charge in [0, 0.05) is 17.5 Å². The van der Waals surface area contributed by atoms with Crippen molar-refractivity contribution in [2.45, 2.75) is 71.6 Å². The van der Waals surface area contributed by atoms with E-state index >= 15 is 0 Å². The van der Waals surface area contributed by atoms with Crippen LogP contribution in [0, 0.1) is 5.92 Å². The van der Waals surface area contributed by atoms with Gasteiger partial charge in [-0.15, -0.1) is 0 Å². The quantitative estimate of drug-likeness (QED) is 0.604. The molecule has 0 spiro atoms. The molecule has 1 aliphatic rings. The van der Waals surface area contributed by atoms with Crippen LogP contribution in [0.2, 0.25) is 0 Å². The van der Waals surface area contributed by atoms with Crippen LogP contribution in [0.1, 0.15) is 69.2 Å². The molecule has 0 saturated heterocycles. The van der Waals surface area contributed by atoms with E-state index in [1.807, 2.05) is 0 Å². The van der Waals surface area contributed by atoms with Crippen LogP contribution in [0.4, 0.5) is 0 Å². The van der Waals surface area contributed by atoms with Crippen molar-refractivity contribution in [2.75, 3.05) is 0 Å². The molecule has 3 rings (SSSR count). The summed E-state index contributed by atoms with van der Waals surface area (Å²) in [5.41, 5.74) is 5.20. The summed E-state index contributed by atoms with van der Waals surface area (Å²) in [4.78, 5) is 9.54. The fourth-order valence-electron chi connectivity index (χ4n) is 3.76. The normalized spacial score (nSPS) is 16.8. The highest BCUT2D eigenvalue weighted by Crippen LogP contribution is 2.29. The van der Waals surface area contributed by atoms with E-state index in [4.69, 9.17) is 4.98 Å². The molecule has 1 heterocycles. The van der Waals surface area contributed by atoms with E-state index in [9.17, 15) is 0 Å². The third kappa shape index (κ3) is 4.23. The molecule has 0 bridgehead atoms. The minimum absolute atomic E-state index is 0.840. The molecule has 0 N–H and O–H groups in total. The zero-order chi connectivity index (χ0) is 16.8. The van der Waals surface area contributed by atoms with Crippen LogP contribution < -0.4 is 0 Å². The average Bonchev–Trinajstić information content (AvgIpc) is 2.62. The van der Waals surface area contributed by atoms with Crippen molar-refractivity contribution >= 4 is 0 Å². The summed E-state index contributed by atoms with van der Waals surface area (Å²) < 4.78 is 0. The van der Waals surface area contributed by atoms with Crippen LogP contribution in [0.15, 0.2) is 30.5 Å². The highest BCUT2D eigenvalue weighted by molar-refractivity contribution is 5.55. The molecule has 1 aromatic heterocycles. The summed E-state index contributed by atoms with van der Waals surface area (Å²) in [6.45, 7) is 4.50. The molecule has 0 aliphatic heterocycles. The first-order chi connectivity index (χ1) is 11.8. The number of nitrogens with zero attached hydrogens (tertiary/aromatic N) is 2. The van der Waals surface area contributed by atoms with Gasteiger partial charge in [-0.05, 0) is 42.7 Å². The molecule has 2 heteroatoms. The lowest BCUT2D eigenvalue weighted by molar-refractivity contribution is 0.404. The zero-order valence-corrected chi connectivity index (χ0v) is 15.2. The van der Waals surface area contributed by atoms with Crippen molar-refractivity contribution in [3.63, 3.8) is 0 Å². The standard InChI is InChI=1S/C22H30N2/c1-3-5-6-8-18-11-14-21-20(15-18)16-23-22(24-21)19-12-9-17(7-4-2)10-13-19/h9-10,12-13,16,18H,3-8,11,14-15H2,1-2H3. The van der Waals surface area contributed by atoms with Crippen LogP contribution >= 0.6 is 0 Å². The molecular weight excluding hydrogens is 292 g/mol. The number of aryl methyl sites for hydroxylation is 2. The van der Waals surface area contributed by atoms with Crippen LogP contribution in [0.25, 0.3) is 11.4 Å². The largest absolute Gasteiger partial charge is 0.236 e. The van der Waals surface area contributed by atoms with Gasteiger partial charge in [-0.2, -0.15) is 0 Å². The number of hydrogen-bond donors (Lipinski definition) is 0. The molecule has 2 aromatic rings. The van der Waals surface area contributed by atoms with Crippen molar-refractivity contribution in [3.8, 4) is 11.4 Å². The Morgan fingerprint density at radius 2 is 1.88 bits per heavy atom. The topological polar surface area (TPSA) is 25.8 Å². The fraction of sp³-hybridized carbons (Fsp3) is 0.545. The Kier molecular flexibility index (Phi) is 6.01. The van der Waals surface area contributed by atoms with Crippen molar-refractivity contribution in [2.24, 2.45) is 5.92 Å². The maximum atomic E-state index is 4.88. The van der Waals surface area contributed by atoms with Gasteiger partial charge in [-0.1, -0.05) is 70.2 Å². The van der Waals surface area contributed by atoms with Gasteiger partial charge >= 0.3 is 0 Å². The molecule has 2 nitrogen and oxygen atoms in total. The van der Waals surface area contributed by atoms with E-state index in [1.54, 1.807) is 0 Å². The van der Waals surface area contributed by atoms with Crippen molar-refractivity contribution in [1.82, 2.24) is 9.97 Å². The maximum absolute atomic E-state index is 4.88. The Bertz CT molecular complexity index is 646. The molecule has 0 saturated carbocycles. The predicted molar refractivity (Wildman–Crippen MR) is 101 cm³/mol. The van der Waals surface area contributed by atoms with E-state index in [-0.39, 0.29) is 0 Å². The van der Waals surface area contributed by atoms with Gasteiger partial charge in [0.25, 0.3) is 0 Å². The first-order valence-electron chi connectivity index (χ1n) is 9.74. The minimum atomic E-state index is 0.840. The second-order valence-corrected chi connectivity index (χ2v) is 7.22. The van der Waals surface area contributed by atoms with Gasteiger partial charge in [-0.3, -0.25) is 0 Å². The molecule has 128 valence electrons. The number of benzene rings is 1. The number of fused-ring (bicyclic) bond motifs is 1. The van der Waals surface area contributed by atoms with Gasteiger partial charge in [0.2, 0.25) is 0 Å². The van der Waals surface area contributed by atoms with E-state index < -0.39 is 0 Å². The second kappa shape index (κ2) is 8.41. The van der Waals surface area contributed by atoms with Crippen molar-refractivity contribution in [1.29, 1.82) is 0 Å². The Balaban J connectivity index is 1.68. The molecule has 1 unspecified atom stereocenters. The van der Waals surface area contributed by atoms with Gasteiger partial charge in [0.05, 0.1) is 0 Å². The van der Waals surface area contributed by atoms with Crippen molar-refractivity contribution < 1.29 is 0 Å². The molecule has 0 amide bonds. The van der Waals surface area contributed by atoms with Gasteiger partial charge < -0.3 is 0 Å². The summed E-state index contributed by atoms with van der Waals surface area (Å²) in [6, 6.07) is 8.77. The van der Waals surface area contributed by atoms with Gasteiger partial charge in [-0.25, -0.2) is 9.97 Å². The highest BCUT2D eigenvalue weighted by Gasteiger charge is 2.20. The summed E-state index contributed by atoms with van der Waals surface area (Å²) in [6.07, 6.45) is 13.4. The number of hydrogen-bond acceptors (Lipinski definition) is 2. The maximum Gasteiger partial charge on any atom is 0.159 e. The van der Waals surface area contributed by atoms with Crippen LogP contribution in [0.5, 0.6) is 0 Å². The lowest BCUT2D eigenvalue weighted by Crippen LogP contribution is -2.16. The number of rotatable bonds is 7. The first kappa shape index (κ1) is 17.1. The molecule has 1 atom stereocenters. The SMILES string of the molecule is CCCCCC1CCc2nc(-c3ccc(CCC)cc3)ncc2C1. The zero-order valence-electron chi connectivity index (χ0n) is 15.2. The number of aromatic nitrogens is 2. The predicted octanol–water partition coefficient (Wildman–Crippen LogP) is 5.78. The average molecular weight is 322 g/mol. The van der Waals surface area contributed by atoms with E-state index in [0.29, 0.717) is 0 Å². The Hall–Kier alpha value is -1.70. The summed E-state index contributed by atoms with van der Waals surface area (Å²) >= 11 is 0. The Morgan fingerprint density at radius 1 is 1.04 bits per heavy atom. The van der Waals surface area contributed by atoms with Crippen LogP contribution in [-0.2, 0) is 19.3 Å². The number of unbranched alkanes of at least 4 members (excludes halogenated alkanes) is 2. The summed E-state index contributed by atoms with van der Waals surface area (Å²) in [5.74, 6) is 1.73. The third-order valence-corrected chi connectivity index (χ3v) is 5.22. The summed E-state index contributed by atoms with van der Waals surface area (Å²) in [5, 5.41) is 0. The molecule has 0 radical (unpaired) electrons. The van der Waals surface area contributed by atoms with Crippen molar-refractivity contribution in [3.05, 3.63) is 47.3 Å². The van der Waals surface area contributed by atoms with E-state index in [2.05, 4.69) is 49.3 Å². The second-order valence-electron chi connectivity index (χ2n) is 7.22. The summed E-state index contributed by atoms with van der Waals surface area (Å²) in [7, 11) is 0. The minimum Gasteiger partial charge on any atom is -0.236 e. The molecule has 24 heavy (non-hydrogen) atoms. The molecule has 0 fully saturated rings. The van der Waals surface area contributed by atoms with Crippen LogP contribution in [0.3, 0.4) is 0 Å². The smallest absolute Gasteiger partial charge is 0.159 e. The Morgan fingerprint density at radius 3 is 2.62 bits per heavy atom. The third-order valence-electron chi connectivity index (χ3n) is 5.22. The highest BCUT2D eigenvalue weighted by atomic mass is 14.9. The van der Waals surface area contributed by atoms with Gasteiger partial charge in [0.1, 0.15) is 0 Å². The molecular formula is C22H30N2. The first-order valence-corrected chi connectivity index (χ1v) is 9.74. The van der Waals surface area contributed by atoms with Crippen LogP contribution in [-0.4, -0.2) is 9.97 Å². The molecule has 1 aromatic carbocycles. The van der Waals surface area contributed by atoms with E-state index in [1.165, 1.54) is 61.8 Å². The van der Waals surface area contributed by atoms with E-state index in [0.717, 1.165) is 30.1 Å². The van der Waals surface area contributed by atoms with Gasteiger partial charge in [0.15, 0.2) is 5.82 Å². The monoisotopic (exact) mass is 322 g/mol. The fourth-order valence-corrected chi connectivity index (χ4v) is 3.76. The Labute approximate surface area is 146 Å². The lowest BCUT2D eigenvalue weighted by atomic mass is 9.84. The lowest BCUT2D eigenvalue weighted by Gasteiger charge is -2.23.